The van der Waals surface area contributed by atoms with Crippen molar-refractivity contribution in [3.05, 3.63) is 35.4 Å². The zero-order chi connectivity index (χ0) is 12.8. The summed E-state index contributed by atoms with van der Waals surface area (Å²) in [4.78, 5) is 32.1. The summed E-state index contributed by atoms with van der Waals surface area (Å²) in [6.45, 7) is 0. The van der Waals surface area contributed by atoms with Gasteiger partial charge in [0.1, 0.15) is 6.29 Å². The van der Waals surface area contributed by atoms with E-state index in [1.165, 1.54) is 6.07 Å². The lowest BCUT2D eigenvalue weighted by molar-refractivity contribution is -0.150. The van der Waals surface area contributed by atoms with Crippen LogP contribution in [0.25, 0.3) is 0 Å². The Morgan fingerprint density at radius 3 is 2.29 bits per heavy atom. The Bertz CT molecular complexity index is 424. The van der Waals surface area contributed by atoms with Gasteiger partial charge in [0.2, 0.25) is 0 Å². The molecule has 0 amide bonds. The Hall–Kier alpha value is -2.17. The predicted molar refractivity (Wildman–Crippen MR) is 58.8 cm³/mol. The standard InChI is InChI=1S/C12H12O5/c13-7-3-5-8-4-1-2-6-9(8)10(11(14)15)12(16)17/h1-2,4,6-7,10H,3,5H2,(H,14,15)(H,16,17). The average Bonchev–Trinajstić information content (AvgIpc) is 2.27. The average molecular weight is 236 g/mol. The second-order valence-electron chi connectivity index (χ2n) is 3.51. The summed E-state index contributed by atoms with van der Waals surface area (Å²) in [5.41, 5.74) is 0.809. The van der Waals surface area contributed by atoms with Gasteiger partial charge in [0.15, 0.2) is 5.92 Å². The summed E-state index contributed by atoms with van der Waals surface area (Å²) >= 11 is 0. The molecule has 0 aromatic heterocycles. The van der Waals surface area contributed by atoms with E-state index < -0.39 is 17.9 Å². The van der Waals surface area contributed by atoms with Crippen LogP contribution in [0, 0.1) is 0 Å². The van der Waals surface area contributed by atoms with E-state index in [2.05, 4.69) is 0 Å². The molecule has 0 aliphatic rings. The van der Waals surface area contributed by atoms with E-state index in [4.69, 9.17) is 10.2 Å². The zero-order valence-corrected chi connectivity index (χ0v) is 9.00. The molecule has 2 N–H and O–H groups in total. The van der Waals surface area contributed by atoms with E-state index in [1.807, 2.05) is 0 Å². The molecule has 0 radical (unpaired) electrons. The number of aryl methyl sites for hydroxylation is 1. The van der Waals surface area contributed by atoms with Gasteiger partial charge in [-0.1, -0.05) is 24.3 Å². The van der Waals surface area contributed by atoms with Crippen molar-refractivity contribution < 1.29 is 24.6 Å². The molecule has 0 saturated carbocycles. The van der Waals surface area contributed by atoms with E-state index in [9.17, 15) is 14.4 Å². The molecule has 0 aliphatic heterocycles. The maximum absolute atomic E-state index is 10.9. The molecule has 1 aromatic carbocycles. The molecule has 0 heterocycles. The topological polar surface area (TPSA) is 91.7 Å². The van der Waals surface area contributed by atoms with Gasteiger partial charge in [-0.15, -0.1) is 0 Å². The van der Waals surface area contributed by atoms with Crippen LogP contribution < -0.4 is 0 Å². The Morgan fingerprint density at radius 2 is 1.76 bits per heavy atom. The Balaban J connectivity index is 3.13. The number of benzene rings is 1. The molecular weight excluding hydrogens is 224 g/mol. The number of carbonyl (C=O) groups is 3. The van der Waals surface area contributed by atoms with Crippen molar-refractivity contribution in [1.29, 1.82) is 0 Å². The number of aliphatic carboxylic acids is 2. The van der Waals surface area contributed by atoms with Gasteiger partial charge in [0.25, 0.3) is 0 Å². The van der Waals surface area contributed by atoms with E-state index in [1.54, 1.807) is 18.2 Å². The van der Waals surface area contributed by atoms with Crippen LogP contribution in [-0.4, -0.2) is 28.4 Å². The van der Waals surface area contributed by atoms with Gasteiger partial charge in [0.05, 0.1) is 0 Å². The highest BCUT2D eigenvalue weighted by atomic mass is 16.4. The van der Waals surface area contributed by atoms with Crippen LogP contribution in [0.4, 0.5) is 0 Å². The Labute approximate surface area is 97.7 Å². The van der Waals surface area contributed by atoms with Gasteiger partial charge in [-0.25, -0.2) is 0 Å². The molecule has 90 valence electrons. The Kier molecular flexibility index (Phi) is 4.39. The fraction of sp³-hybridized carbons (Fsp3) is 0.250. The van der Waals surface area contributed by atoms with Crippen molar-refractivity contribution in [3.63, 3.8) is 0 Å². The largest absolute Gasteiger partial charge is 0.480 e. The minimum absolute atomic E-state index is 0.231. The highest BCUT2D eigenvalue weighted by Crippen LogP contribution is 2.22. The molecule has 0 aliphatic carbocycles. The first-order valence-electron chi connectivity index (χ1n) is 5.05. The minimum atomic E-state index is -1.59. The van der Waals surface area contributed by atoms with Crippen molar-refractivity contribution in [2.75, 3.05) is 0 Å². The number of hydrogen-bond acceptors (Lipinski definition) is 3. The lowest BCUT2D eigenvalue weighted by Crippen LogP contribution is -2.22. The quantitative estimate of drug-likeness (QED) is 0.569. The third-order valence-electron chi connectivity index (χ3n) is 2.39. The zero-order valence-electron chi connectivity index (χ0n) is 9.00. The molecular formula is C12H12O5. The maximum atomic E-state index is 10.9. The van der Waals surface area contributed by atoms with Crippen LogP contribution >= 0.6 is 0 Å². The highest BCUT2D eigenvalue weighted by molar-refractivity contribution is 5.99. The summed E-state index contributed by atoms with van der Waals surface area (Å²) in [6.07, 6.45) is 1.30. The smallest absolute Gasteiger partial charge is 0.322 e. The molecule has 1 aromatic rings. The summed E-state index contributed by atoms with van der Waals surface area (Å²) in [5, 5.41) is 17.8. The monoisotopic (exact) mass is 236 g/mol. The molecule has 17 heavy (non-hydrogen) atoms. The van der Waals surface area contributed by atoms with Crippen molar-refractivity contribution in [2.24, 2.45) is 0 Å². The van der Waals surface area contributed by atoms with Crippen LogP contribution in [0.5, 0.6) is 0 Å². The van der Waals surface area contributed by atoms with E-state index in [0.29, 0.717) is 18.3 Å². The number of rotatable bonds is 6. The van der Waals surface area contributed by atoms with Crippen molar-refractivity contribution in [1.82, 2.24) is 0 Å². The lowest BCUT2D eigenvalue weighted by atomic mass is 9.92. The first-order valence-corrected chi connectivity index (χ1v) is 5.05. The minimum Gasteiger partial charge on any atom is -0.480 e. The molecule has 0 atom stereocenters. The van der Waals surface area contributed by atoms with Gasteiger partial charge >= 0.3 is 11.9 Å². The normalized spacial score (nSPS) is 10.2. The number of carbonyl (C=O) groups excluding carboxylic acids is 1. The SMILES string of the molecule is O=CCCc1ccccc1C(C(=O)O)C(=O)O. The molecule has 0 bridgehead atoms. The number of hydrogen-bond donors (Lipinski definition) is 2. The number of carboxylic acids is 2. The lowest BCUT2D eigenvalue weighted by Gasteiger charge is -2.12. The summed E-state index contributed by atoms with van der Waals surface area (Å²) in [5.74, 6) is -4.40. The fourth-order valence-corrected chi connectivity index (χ4v) is 1.63. The van der Waals surface area contributed by atoms with Crippen LogP contribution in [0.2, 0.25) is 0 Å². The van der Waals surface area contributed by atoms with Gasteiger partial charge in [-0.3, -0.25) is 9.59 Å². The molecule has 5 nitrogen and oxygen atoms in total. The van der Waals surface area contributed by atoms with Crippen molar-refractivity contribution in [2.45, 2.75) is 18.8 Å². The summed E-state index contributed by atoms with van der Waals surface area (Å²) in [6, 6.07) is 6.37. The molecule has 0 spiro atoms. The molecule has 0 fully saturated rings. The second-order valence-corrected chi connectivity index (χ2v) is 3.51. The van der Waals surface area contributed by atoms with E-state index in [-0.39, 0.29) is 12.0 Å². The van der Waals surface area contributed by atoms with Crippen LogP contribution in [0.15, 0.2) is 24.3 Å². The van der Waals surface area contributed by atoms with Gasteiger partial charge in [-0.2, -0.15) is 0 Å². The first kappa shape index (κ1) is 12.9. The molecule has 1 rings (SSSR count). The molecule has 0 unspecified atom stereocenters. The molecule has 0 saturated heterocycles. The van der Waals surface area contributed by atoms with E-state index in [0.717, 1.165) is 0 Å². The van der Waals surface area contributed by atoms with Crippen LogP contribution in [0.3, 0.4) is 0 Å². The maximum Gasteiger partial charge on any atom is 0.322 e. The van der Waals surface area contributed by atoms with Crippen molar-refractivity contribution >= 4 is 18.2 Å². The third kappa shape index (κ3) is 3.14. The Morgan fingerprint density at radius 1 is 1.18 bits per heavy atom. The van der Waals surface area contributed by atoms with Crippen LogP contribution in [0.1, 0.15) is 23.5 Å². The summed E-state index contributed by atoms with van der Waals surface area (Å²) in [7, 11) is 0. The highest BCUT2D eigenvalue weighted by Gasteiger charge is 2.29. The first-order chi connectivity index (χ1) is 8.07. The van der Waals surface area contributed by atoms with Gasteiger partial charge in [-0.05, 0) is 17.5 Å². The van der Waals surface area contributed by atoms with Crippen molar-refractivity contribution in [3.8, 4) is 0 Å². The number of carboxylic acid groups (broad SMARTS) is 2. The predicted octanol–water partition coefficient (Wildman–Crippen LogP) is 1.07. The fourth-order valence-electron chi connectivity index (χ4n) is 1.63. The second kappa shape index (κ2) is 5.79. The third-order valence-corrected chi connectivity index (χ3v) is 2.39. The van der Waals surface area contributed by atoms with E-state index >= 15 is 0 Å². The summed E-state index contributed by atoms with van der Waals surface area (Å²) < 4.78 is 0. The van der Waals surface area contributed by atoms with Crippen LogP contribution in [-0.2, 0) is 20.8 Å². The number of aldehydes is 1. The van der Waals surface area contributed by atoms with Gasteiger partial charge in [0, 0.05) is 6.42 Å². The molecule has 5 heteroatoms. The van der Waals surface area contributed by atoms with Gasteiger partial charge < -0.3 is 15.0 Å².